The molecule has 0 fully saturated rings. The van der Waals surface area contributed by atoms with Gasteiger partial charge in [-0.2, -0.15) is 0 Å². The van der Waals surface area contributed by atoms with Crippen LogP contribution >= 0.6 is 11.6 Å². The van der Waals surface area contributed by atoms with E-state index in [0.717, 1.165) is 6.07 Å². The Hall–Kier alpha value is -1.42. The highest BCUT2D eigenvalue weighted by Crippen LogP contribution is 2.34. The normalized spacial score (nSPS) is 12.2. The van der Waals surface area contributed by atoms with Crippen LogP contribution in [-0.4, -0.2) is 28.5 Å². The van der Waals surface area contributed by atoms with E-state index in [9.17, 15) is 15.0 Å². The van der Waals surface area contributed by atoms with Gasteiger partial charge in [0.05, 0.1) is 12.5 Å². The van der Waals surface area contributed by atoms with Crippen LogP contribution in [0.1, 0.15) is 17.3 Å². The van der Waals surface area contributed by atoms with E-state index in [1.807, 2.05) is 0 Å². The van der Waals surface area contributed by atoms with Crippen LogP contribution in [0.25, 0.3) is 0 Å². The lowest BCUT2D eigenvalue weighted by molar-refractivity contribution is 0.0986. The molecule has 0 amide bonds. The number of benzene rings is 1. The van der Waals surface area contributed by atoms with Gasteiger partial charge in [0.1, 0.15) is 22.8 Å². The van der Waals surface area contributed by atoms with E-state index in [2.05, 4.69) is 0 Å². The highest BCUT2D eigenvalue weighted by atomic mass is 35.5. The third kappa shape index (κ3) is 2.33. The number of ketones is 1. The Balaban J connectivity index is 3.33. The fraction of sp³-hybridized carbons (Fsp3) is 0.300. The van der Waals surface area contributed by atoms with Crippen LogP contribution in [0.4, 0.5) is 0 Å². The molecule has 2 N–H and O–H groups in total. The van der Waals surface area contributed by atoms with Gasteiger partial charge >= 0.3 is 0 Å². The maximum Gasteiger partial charge on any atom is 0.187 e. The van der Waals surface area contributed by atoms with Crippen molar-refractivity contribution in [3.8, 4) is 17.2 Å². The topological polar surface area (TPSA) is 66.8 Å². The molecule has 1 aromatic rings. The Morgan fingerprint density at radius 1 is 1.47 bits per heavy atom. The van der Waals surface area contributed by atoms with Gasteiger partial charge in [-0.3, -0.25) is 4.79 Å². The van der Waals surface area contributed by atoms with Crippen LogP contribution in [0.15, 0.2) is 12.1 Å². The molecule has 0 aliphatic carbocycles. The van der Waals surface area contributed by atoms with Crippen molar-refractivity contribution < 1.29 is 19.7 Å². The van der Waals surface area contributed by atoms with Crippen LogP contribution < -0.4 is 4.74 Å². The summed E-state index contributed by atoms with van der Waals surface area (Å²) in [4.78, 5) is 11.6. The minimum Gasteiger partial charge on any atom is -0.508 e. The minimum atomic E-state index is -0.769. The van der Waals surface area contributed by atoms with Gasteiger partial charge < -0.3 is 14.9 Å². The predicted molar refractivity (Wildman–Crippen MR) is 56.0 cm³/mol. The predicted octanol–water partition coefficient (Wildman–Crippen LogP) is 1.92. The lowest BCUT2D eigenvalue weighted by Gasteiger charge is -2.11. The molecule has 0 saturated carbocycles. The van der Waals surface area contributed by atoms with Gasteiger partial charge in [-0.05, 0) is 6.92 Å². The van der Waals surface area contributed by atoms with Gasteiger partial charge in [-0.15, -0.1) is 11.6 Å². The Bertz CT molecular complexity index is 387. The van der Waals surface area contributed by atoms with Crippen molar-refractivity contribution >= 4 is 17.4 Å². The number of carbonyl (C=O) groups is 1. The van der Waals surface area contributed by atoms with Gasteiger partial charge in [-0.1, -0.05) is 0 Å². The van der Waals surface area contributed by atoms with Crippen molar-refractivity contribution in [1.82, 2.24) is 0 Å². The van der Waals surface area contributed by atoms with Crippen molar-refractivity contribution in [2.45, 2.75) is 12.3 Å². The number of Topliss-reactive ketones (excluding diaryl/α,β-unsaturated/α-hetero) is 1. The summed E-state index contributed by atoms with van der Waals surface area (Å²) in [6.45, 7) is 1.50. The number of alkyl halides is 1. The number of carbonyl (C=O) groups excluding carboxylic acids is 1. The Morgan fingerprint density at radius 2 is 2.07 bits per heavy atom. The van der Waals surface area contributed by atoms with Crippen LogP contribution in [0.5, 0.6) is 17.2 Å². The number of phenolic OH excluding ortho intramolecular Hbond substituents is 2. The molecule has 1 rings (SSSR count). The van der Waals surface area contributed by atoms with Gasteiger partial charge in [0.15, 0.2) is 5.78 Å². The number of hydrogen-bond donors (Lipinski definition) is 2. The molecule has 1 atom stereocenters. The van der Waals surface area contributed by atoms with Crippen molar-refractivity contribution in [3.05, 3.63) is 17.7 Å². The van der Waals surface area contributed by atoms with Crippen LogP contribution in [-0.2, 0) is 0 Å². The van der Waals surface area contributed by atoms with Crippen molar-refractivity contribution in [2.75, 3.05) is 7.11 Å². The fourth-order valence-electron chi connectivity index (χ4n) is 1.19. The highest BCUT2D eigenvalue weighted by Gasteiger charge is 2.22. The highest BCUT2D eigenvalue weighted by molar-refractivity contribution is 6.34. The molecule has 0 radical (unpaired) electrons. The summed E-state index contributed by atoms with van der Waals surface area (Å²) in [5.41, 5.74) is -0.0159. The number of rotatable bonds is 3. The third-order valence-electron chi connectivity index (χ3n) is 1.89. The Labute approximate surface area is 92.1 Å². The molecule has 0 aliphatic heterocycles. The summed E-state index contributed by atoms with van der Waals surface area (Å²) in [5, 5.41) is 17.9. The summed E-state index contributed by atoms with van der Waals surface area (Å²) in [5.74, 6) is -0.872. The standard InChI is InChI=1S/C10H11ClO4/c1-5(11)10(14)9-7(13)3-6(12)4-8(9)15-2/h3-5,12-13H,1-2H3. The molecule has 1 unspecified atom stereocenters. The monoisotopic (exact) mass is 230 g/mol. The molecular formula is C10H11ClO4. The zero-order chi connectivity index (χ0) is 11.6. The number of ether oxygens (including phenoxy) is 1. The summed E-state index contributed by atoms with van der Waals surface area (Å²) < 4.78 is 4.88. The van der Waals surface area contributed by atoms with Crippen molar-refractivity contribution in [1.29, 1.82) is 0 Å². The van der Waals surface area contributed by atoms with Gasteiger partial charge in [0.2, 0.25) is 0 Å². The second kappa shape index (κ2) is 4.40. The lowest BCUT2D eigenvalue weighted by Crippen LogP contribution is -2.12. The average molecular weight is 231 g/mol. The molecule has 0 saturated heterocycles. The van der Waals surface area contributed by atoms with E-state index in [-0.39, 0.29) is 22.8 Å². The first-order valence-corrected chi connectivity index (χ1v) is 4.69. The Morgan fingerprint density at radius 3 is 2.53 bits per heavy atom. The minimum absolute atomic E-state index is 0.0159. The Kier molecular flexibility index (Phi) is 3.42. The summed E-state index contributed by atoms with van der Waals surface area (Å²) >= 11 is 5.62. The summed E-state index contributed by atoms with van der Waals surface area (Å²) in [6, 6.07) is 2.31. The number of halogens is 1. The van der Waals surface area contributed by atoms with Crippen molar-refractivity contribution in [2.24, 2.45) is 0 Å². The first kappa shape index (κ1) is 11.7. The SMILES string of the molecule is COc1cc(O)cc(O)c1C(=O)C(C)Cl. The summed E-state index contributed by atoms with van der Waals surface area (Å²) in [6.07, 6.45) is 0. The molecule has 0 spiro atoms. The lowest BCUT2D eigenvalue weighted by atomic mass is 10.1. The molecule has 0 aliphatic rings. The van der Waals surface area contributed by atoms with Gasteiger partial charge in [0, 0.05) is 12.1 Å². The van der Waals surface area contributed by atoms with Gasteiger partial charge in [0.25, 0.3) is 0 Å². The maximum absolute atomic E-state index is 11.6. The van der Waals surface area contributed by atoms with E-state index in [1.165, 1.54) is 20.1 Å². The molecular weight excluding hydrogens is 220 g/mol. The molecule has 4 nitrogen and oxygen atoms in total. The van der Waals surface area contributed by atoms with Crippen molar-refractivity contribution in [3.63, 3.8) is 0 Å². The quantitative estimate of drug-likeness (QED) is 0.615. The second-order valence-corrected chi connectivity index (χ2v) is 3.68. The molecule has 1 aromatic carbocycles. The van der Waals surface area contributed by atoms with E-state index in [1.54, 1.807) is 0 Å². The average Bonchev–Trinajstić information content (AvgIpc) is 2.15. The zero-order valence-electron chi connectivity index (χ0n) is 8.32. The number of methoxy groups -OCH3 is 1. The smallest absolute Gasteiger partial charge is 0.187 e. The van der Waals surface area contributed by atoms with E-state index >= 15 is 0 Å². The van der Waals surface area contributed by atoms with E-state index in [0.29, 0.717) is 0 Å². The first-order valence-electron chi connectivity index (χ1n) is 4.25. The molecule has 0 heterocycles. The van der Waals surface area contributed by atoms with E-state index in [4.69, 9.17) is 16.3 Å². The fourth-order valence-corrected chi connectivity index (χ4v) is 1.30. The molecule has 0 bridgehead atoms. The second-order valence-electron chi connectivity index (χ2n) is 3.02. The molecule has 15 heavy (non-hydrogen) atoms. The first-order chi connectivity index (χ1) is 6.97. The van der Waals surface area contributed by atoms with Gasteiger partial charge in [-0.25, -0.2) is 0 Å². The summed E-state index contributed by atoms with van der Waals surface area (Å²) in [7, 11) is 1.34. The van der Waals surface area contributed by atoms with Crippen LogP contribution in [0, 0.1) is 0 Å². The number of phenols is 2. The van der Waals surface area contributed by atoms with Crippen LogP contribution in [0.2, 0.25) is 0 Å². The number of aromatic hydroxyl groups is 2. The maximum atomic E-state index is 11.6. The number of hydrogen-bond acceptors (Lipinski definition) is 4. The third-order valence-corrected chi connectivity index (χ3v) is 2.09. The molecule has 82 valence electrons. The largest absolute Gasteiger partial charge is 0.508 e. The molecule has 5 heteroatoms. The zero-order valence-corrected chi connectivity index (χ0v) is 9.08. The van der Waals surface area contributed by atoms with E-state index < -0.39 is 11.2 Å². The molecule has 0 aromatic heterocycles. The van der Waals surface area contributed by atoms with Crippen LogP contribution in [0.3, 0.4) is 0 Å².